The van der Waals surface area contributed by atoms with Gasteiger partial charge in [0.25, 0.3) is 0 Å². The van der Waals surface area contributed by atoms with Crippen LogP contribution in [0.5, 0.6) is 5.88 Å². The predicted molar refractivity (Wildman–Crippen MR) is 66.7 cm³/mol. The van der Waals surface area contributed by atoms with E-state index in [-0.39, 0.29) is 0 Å². The zero-order valence-corrected chi connectivity index (χ0v) is 9.54. The van der Waals surface area contributed by atoms with E-state index in [0.717, 1.165) is 12.8 Å². The highest BCUT2D eigenvalue weighted by Gasteiger charge is 1.96. The number of anilines is 1. The van der Waals surface area contributed by atoms with Crippen molar-refractivity contribution in [2.45, 2.75) is 12.8 Å². The maximum atomic E-state index is 5.45. The summed E-state index contributed by atoms with van der Waals surface area (Å²) < 4.78 is 5.45. The Morgan fingerprint density at radius 1 is 1.00 bits per heavy atom. The molecule has 1 heterocycles. The number of ether oxygens (including phenoxy) is 1. The minimum atomic E-state index is 0.404. The van der Waals surface area contributed by atoms with Gasteiger partial charge in [-0.05, 0) is 24.5 Å². The van der Waals surface area contributed by atoms with Gasteiger partial charge in [0.05, 0.1) is 6.61 Å². The Kier molecular flexibility index (Phi) is 3.91. The second-order valence-electron chi connectivity index (χ2n) is 3.73. The van der Waals surface area contributed by atoms with Crippen LogP contribution in [0, 0.1) is 0 Å². The SMILES string of the molecule is Nc1ccc(OCCCc2ccccc2)nn1. The molecule has 0 atom stereocenters. The van der Waals surface area contributed by atoms with E-state index in [9.17, 15) is 0 Å². The van der Waals surface area contributed by atoms with Crippen LogP contribution in [0.15, 0.2) is 42.5 Å². The summed E-state index contributed by atoms with van der Waals surface area (Å²) in [5, 5.41) is 7.54. The summed E-state index contributed by atoms with van der Waals surface area (Å²) in [5.74, 6) is 0.925. The van der Waals surface area contributed by atoms with Gasteiger partial charge in [-0.25, -0.2) is 0 Å². The van der Waals surface area contributed by atoms with Crippen LogP contribution in [0.1, 0.15) is 12.0 Å². The highest BCUT2D eigenvalue weighted by atomic mass is 16.5. The third kappa shape index (κ3) is 3.75. The van der Waals surface area contributed by atoms with Crippen molar-refractivity contribution < 1.29 is 4.74 Å². The van der Waals surface area contributed by atoms with Gasteiger partial charge in [-0.2, -0.15) is 0 Å². The number of rotatable bonds is 5. The third-order valence-electron chi connectivity index (χ3n) is 2.36. The van der Waals surface area contributed by atoms with Crippen molar-refractivity contribution in [2.75, 3.05) is 12.3 Å². The standard InChI is InChI=1S/C13H15N3O/c14-12-8-9-13(16-15-12)17-10-4-7-11-5-2-1-3-6-11/h1-3,5-6,8-9H,4,7,10H2,(H2,14,15). The fourth-order valence-corrected chi connectivity index (χ4v) is 1.51. The highest BCUT2D eigenvalue weighted by Crippen LogP contribution is 2.07. The number of hydrogen-bond acceptors (Lipinski definition) is 4. The fourth-order valence-electron chi connectivity index (χ4n) is 1.51. The Hall–Kier alpha value is -2.10. The largest absolute Gasteiger partial charge is 0.477 e. The smallest absolute Gasteiger partial charge is 0.233 e. The van der Waals surface area contributed by atoms with E-state index in [1.807, 2.05) is 18.2 Å². The first-order valence-corrected chi connectivity index (χ1v) is 5.60. The summed E-state index contributed by atoms with van der Waals surface area (Å²) >= 11 is 0. The molecule has 1 aromatic heterocycles. The Morgan fingerprint density at radius 3 is 2.53 bits per heavy atom. The van der Waals surface area contributed by atoms with Gasteiger partial charge in [0, 0.05) is 6.07 Å². The topological polar surface area (TPSA) is 61.0 Å². The molecule has 1 aromatic carbocycles. The number of nitrogens with two attached hydrogens (primary N) is 1. The molecule has 2 rings (SSSR count). The molecular formula is C13H15N3O. The molecule has 4 nitrogen and oxygen atoms in total. The molecule has 4 heteroatoms. The van der Waals surface area contributed by atoms with Gasteiger partial charge in [0.2, 0.25) is 5.88 Å². The quantitative estimate of drug-likeness (QED) is 0.797. The molecule has 0 aliphatic heterocycles. The fraction of sp³-hybridized carbons (Fsp3) is 0.231. The summed E-state index contributed by atoms with van der Waals surface area (Å²) in [7, 11) is 0. The molecule has 0 saturated carbocycles. The monoisotopic (exact) mass is 229 g/mol. The van der Waals surface area contributed by atoms with E-state index in [4.69, 9.17) is 10.5 Å². The lowest BCUT2D eigenvalue weighted by atomic mass is 10.1. The second kappa shape index (κ2) is 5.84. The molecule has 0 radical (unpaired) electrons. The van der Waals surface area contributed by atoms with Crippen molar-refractivity contribution in [2.24, 2.45) is 0 Å². The third-order valence-corrected chi connectivity index (χ3v) is 2.36. The first-order chi connectivity index (χ1) is 8.34. The Morgan fingerprint density at radius 2 is 1.82 bits per heavy atom. The lowest BCUT2D eigenvalue weighted by Crippen LogP contribution is -2.02. The predicted octanol–water partition coefficient (Wildman–Crippen LogP) is 2.07. The Bertz CT molecular complexity index is 442. The zero-order valence-electron chi connectivity index (χ0n) is 9.54. The number of hydrogen-bond donors (Lipinski definition) is 1. The van der Waals surface area contributed by atoms with E-state index in [1.165, 1.54) is 5.56 Å². The van der Waals surface area contributed by atoms with Crippen LogP contribution in [0.3, 0.4) is 0 Å². The summed E-state index contributed by atoms with van der Waals surface area (Å²) in [6.45, 7) is 0.632. The molecule has 2 aromatic rings. The van der Waals surface area contributed by atoms with Gasteiger partial charge >= 0.3 is 0 Å². The lowest BCUT2D eigenvalue weighted by molar-refractivity contribution is 0.296. The maximum absolute atomic E-state index is 5.45. The van der Waals surface area contributed by atoms with Crippen molar-refractivity contribution in [1.29, 1.82) is 0 Å². The molecule has 17 heavy (non-hydrogen) atoms. The van der Waals surface area contributed by atoms with Crippen LogP contribution < -0.4 is 10.5 Å². The molecular weight excluding hydrogens is 214 g/mol. The molecule has 0 aliphatic rings. The van der Waals surface area contributed by atoms with Gasteiger partial charge in [-0.1, -0.05) is 30.3 Å². The van der Waals surface area contributed by atoms with Crippen LogP contribution in [-0.2, 0) is 6.42 Å². The van der Waals surface area contributed by atoms with Crippen molar-refractivity contribution in [3.63, 3.8) is 0 Å². The lowest BCUT2D eigenvalue weighted by Gasteiger charge is -2.04. The summed E-state index contributed by atoms with van der Waals surface area (Å²) in [5.41, 5.74) is 6.75. The van der Waals surface area contributed by atoms with E-state index in [2.05, 4.69) is 22.3 Å². The number of aromatic nitrogens is 2. The average Bonchev–Trinajstić information content (AvgIpc) is 2.38. The number of nitrogen functional groups attached to an aromatic ring is 1. The van der Waals surface area contributed by atoms with Gasteiger partial charge < -0.3 is 10.5 Å². The number of nitrogens with zero attached hydrogens (tertiary/aromatic N) is 2. The van der Waals surface area contributed by atoms with Crippen LogP contribution >= 0.6 is 0 Å². The Balaban J connectivity index is 1.71. The molecule has 2 N–H and O–H groups in total. The Labute approximate surface area is 100 Å². The second-order valence-corrected chi connectivity index (χ2v) is 3.73. The molecule has 0 fully saturated rings. The normalized spacial score (nSPS) is 10.1. The van der Waals surface area contributed by atoms with Crippen LogP contribution in [0.25, 0.3) is 0 Å². The molecule has 0 aliphatic carbocycles. The minimum Gasteiger partial charge on any atom is -0.477 e. The van der Waals surface area contributed by atoms with Crippen molar-refractivity contribution in [1.82, 2.24) is 10.2 Å². The highest BCUT2D eigenvalue weighted by molar-refractivity contribution is 5.27. The summed E-state index contributed by atoms with van der Waals surface area (Å²) in [6, 6.07) is 13.7. The zero-order chi connectivity index (χ0) is 11.9. The van der Waals surface area contributed by atoms with Gasteiger partial charge in [-0.3, -0.25) is 0 Å². The van der Waals surface area contributed by atoms with Gasteiger partial charge in [0.15, 0.2) is 0 Å². The summed E-state index contributed by atoms with van der Waals surface area (Å²) in [6.07, 6.45) is 1.96. The molecule has 0 spiro atoms. The number of benzene rings is 1. The van der Waals surface area contributed by atoms with Crippen molar-refractivity contribution in [3.8, 4) is 5.88 Å². The van der Waals surface area contributed by atoms with Crippen molar-refractivity contribution in [3.05, 3.63) is 48.0 Å². The van der Waals surface area contributed by atoms with Crippen LogP contribution in [0.4, 0.5) is 5.82 Å². The van der Waals surface area contributed by atoms with Crippen LogP contribution in [0.2, 0.25) is 0 Å². The van der Waals surface area contributed by atoms with E-state index in [1.54, 1.807) is 12.1 Å². The van der Waals surface area contributed by atoms with Gasteiger partial charge in [-0.15, -0.1) is 10.2 Å². The molecule has 0 unspecified atom stereocenters. The van der Waals surface area contributed by atoms with E-state index < -0.39 is 0 Å². The molecule has 88 valence electrons. The average molecular weight is 229 g/mol. The van der Waals surface area contributed by atoms with Crippen LogP contribution in [-0.4, -0.2) is 16.8 Å². The first-order valence-electron chi connectivity index (χ1n) is 5.60. The van der Waals surface area contributed by atoms with Gasteiger partial charge in [0.1, 0.15) is 5.82 Å². The molecule has 0 saturated heterocycles. The maximum Gasteiger partial charge on any atom is 0.233 e. The van der Waals surface area contributed by atoms with E-state index in [0.29, 0.717) is 18.3 Å². The molecule has 0 bridgehead atoms. The minimum absolute atomic E-state index is 0.404. The van der Waals surface area contributed by atoms with Crippen molar-refractivity contribution >= 4 is 5.82 Å². The first kappa shape index (κ1) is 11.4. The molecule has 0 amide bonds. The van der Waals surface area contributed by atoms with E-state index >= 15 is 0 Å². The summed E-state index contributed by atoms with van der Waals surface area (Å²) in [4.78, 5) is 0. The number of aryl methyl sites for hydroxylation is 1.